The number of aromatic hydroxyl groups is 1. The number of phenols is 1. The Labute approximate surface area is 810 Å². The molecule has 1 unspecified atom stereocenters. The Bertz CT molecular complexity index is 5020. The fourth-order valence-corrected chi connectivity index (χ4v) is 15.6. The molecule has 764 valence electrons. The number of aliphatic hydroxyl groups is 1. The highest BCUT2D eigenvalue weighted by molar-refractivity contribution is 6.41. The van der Waals surface area contributed by atoms with Crippen LogP contribution >= 0.6 is 0 Å². The number of hydrogen-bond donors (Lipinski definition) is 21. The van der Waals surface area contributed by atoms with Gasteiger partial charge in [-0.05, 0) is 180 Å². The summed E-state index contributed by atoms with van der Waals surface area (Å²) in [6.45, 7) is 22.9. The number of amides is 16. The highest BCUT2D eigenvalue weighted by Gasteiger charge is 2.45. The second kappa shape index (κ2) is 55.3. The zero-order valence-corrected chi connectivity index (χ0v) is 82.4. The number of nitrogens with two attached hydrogens (primary N) is 2. The molecule has 139 heavy (non-hydrogen) atoms. The summed E-state index contributed by atoms with van der Waals surface area (Å²) in [7, 11) is 0. The van der Waals surface area contributed by atoms with Crippen molar-refractivity contribution in [2.75, 3.05) is 6.54 Å². The normalized spacial score (nSPS) is 22.4. The number of aromatic amines is 1. The number of ketones is 3. The lowest BCUT2D eigenvalue weighted by atomic mass is 9.86. The zero-order chi connectivity index (χ0) is 104. The minimum absolute atomic E-state index is 0.00175. The lowest BCUT2D eigenvalue weighted by Crippen LogP contribution is -2.66. The van der Waals surface area contributed by atoms with Crippen LogP contribution in [0.25, 0.3) is 10.9 Å². The number of aromatic nitrogens is 1. The number of carbonyl (C=O) groups excluding carboxylic acids is 19. The largest absolute Gasteiger partial charge is 0.508 e. The molecule has 0 saturated carbocycles. The van der Waals surface area contributed by atoms with E-state index in [1.807, 2.05) is 12.2 Å². The number of benzene rings is 3. The van der Waals surface area contributed by atoms with Crippen molar-refractivity contribution in [2.45, 2.75) is 328 Å². The minimum Gasteiger partial charge on any atom is -0.508 e. The third kappa shape index (κ3) is 38.2. The molecule has 16 amide bonds. The van der Waals surface area contributed by atoms with E-state index in [0.717, 1.165) is 0 Å². The molecule has 0 bridgehead atoms. The molecule has 0 saturated heterocycles. The first kappa shape index (κ1) is 116. The molecular formula is C98H144N18O23. The number of fused-ring (bicyclic) bond motifs is 1. The summed E-state index contributed by atoms with van der Waals surface area (Å²) >= 11 is 0. The quantitative estimate of drug-likeness (QED) is 0.0222. The first-order valence-corrected chi connectivity index (χ1v) is 47.3. The lowest BCUT2D eigenvalue weighted by molar-refractivity contribution is -0.140. The molecule has 0 aliphatic carbocycles. The van der Waals surface area contributed by atoms with Gasteiger partial charge in [0.2, 0.25) is 106 Å². The number of carbonyl (C=O) groups is 20. The van der Waals surface area contributed by atoms with E-state index in [-0.39, 0.29) is 75.5 Å². The summed E-state index contributed by atoms with van der Waals surface area (Å²) in [5.74, 6) is -21.3. The number of aliphatic carboxylic acids is 1. The second-order valence-corrected chi connectivity index (χ2v) is 37.9. The maximum Gasteiger partial charge on any atom is 0.303 e. The van der Waals surface area contributed by atoms with E-state index < -0.39 is 263 Å². The number of para-hydroxylation sites is 1. The molecule has 1 aliphatic rings. The number of carboxylic acids is 1. The molecule has 3 aromatic carbocycles. The highest BCUT2D eigenvalue weighted by Crippen LogP contribution is 2.28. The minimum atomic E-state index is -2.15. The van der Waals surface area contributed by atoms with Crippen LogP contribution in [0, 0.1) is 23.7 Å². The topological polar surface area (TPSA) is 650 Å². The Balaban J connectivity index is 1.60. The number of phenolic OH excluding ortho intramolecular Hbond substituents is 1. The van der Waals surface area contributed by atoms with Gasteiger partial charge in [0.1, 0.15) is 76.7 Å². The third-order valence-electron chi connectivity index (χ3n) is 24.1. The molecule has 5 rings (SSSR count). The van der Waals surface area contributed by atoms with Crippen molar-refractivity contribution in [2.24, 2.45) is 35.1 Å². The fourth-order valence-electron chi connectivity index (χ4n) is 15.6. The Morgan fingerprint density at radius 1 is 0.525 bits per heavy atom. The van der Waals surface area contributed by atoms with Gasteiger partial charge in [-0.25, -0.2) is 0 Å². The van der Waals surface area contributed by atoms with E-state index in [4.69, 9.17) is 11.5 Å². The van der Waals surface area contributed by atoms with Gasteiger partial charge in [0.25, 0.3) is 0 Å². The Morgan fingerprint density at radius 2 is 1.10 bits per heavy atom. The molecule has 41 nitrogen and oxygen atoms in total. The summed E-state index contributed by atoms with van der Waals surface area (Å²) < 4.78 is 0. The van der Waals surface area contributed by atoms with Crippen LogP contribution in [-0.4, -0.2) is 240 Å². The summed E-state index contributed by atoms with van der Waals surface area (Å²) in [5.41, 5.74) is 6.68. The van der Waals surface area contributed by atoms with Gasteiger partial charge in [-0.1, -0.05) is 127 Å². The standard InChI is InChI=1S/C98H144N18O23/c1-53(2)45-66-49-76(120)71(39-41-77(99)121)109-86(130)61(11)107-95(139)98(16,50-67-52-102-70-34-28-27-33-69(67)70)116-91(135)74(48-65-35-37-68(119)38-36-65)110-88(132)72(40-42-78(122)123)112-94(138)97(15,115-90(134)75(47-64-31-25-24-26-32-64)111-92(136)79(62(12)117)113-89(133)73(46-54(3)4)108-63(13)118)44-30-23-21-19-17-18-20-22-29-43-96(14,114-87(66)131)93(137)106-60(10)85(129)105-59(9)84(128)104-58(8)83(127)103-57(7)81(125)80(124)56(6)101-51-55(5)82(100)126/h18,20,24-28,31-38,52-62,66,71-75,79,101-102,117,119H,17,19,21-23,29-30,39-51H2,1-16H3,(H2,99,121)(H2,100,126)(H,103,127)(H,104,128)(H,105,129)(H,106,137)(H,107,139)(H,108,118)(H,109,130)(H,110,132)(H,111,136)(H,112,138)(H,113,133)(H,114,131)(H,115,134)(H,116,135)(H,122,123)/b20-18+/t55-,56?,57-,58-,59-,60-,61-,62+,66+,71-,72-,73-,74-,75-,79-,96-,97+,98-/m0/s1. The number of aliphatic hydroxyl groups excluding tert-OH is 1. The Morgan fingerprint density at radius 3 is 1.69 bits per heavy atom. The van der Waals surface area contributed by atoms with Crippen LogP contribution in [0.3, 0.4) is 0 Å². The van der Waals surface area contributed by atoms with E-state index in [2.05, 4.69) is 84.7 Å². The molecule has 4 aromatic rings. The summed E-state index contributed by atoms with van der Waals surface area (Å²) in [4.78, 5) is 285. The number of primary amides is 2. The number of hydrogen-bond acceptors (Lipinski definition) is 23. The van der Waals surface area contributed by atoms with E-state index >= 15 is 28.8 Å². The first-order chi connectivity index (χ1) is 65.2. The van der Waals surface area contributed by atoms with Gasteiger partial charge in [-0.15, -0.1) is 0 Å². The van der Waals surface area contributed by atoms with Crippen molar-refractivity contribution in [3.05, 3.63) is 114 Å². The van der Waals surface area contributed by atoms with Gasteiger partial charge in [0, 0.05) is 80.9 Å². The zero-order valence-electron chi connectivity index (χ0n) is 82.4. The molecule has 0 spiro atoms. The summed E-state index contributed by atoms with van der Waals surface area (Å²) in [6, 6.07) is 2.93. The molecule has 0 fully saturated rings. The SMILES string of the molecule is CC(=O)N[C@@H](CC(C)C)C(=O)N[C@H](C(=O)N[C@@H](Cc1ccccc1)C(=O)N[C@]1(C)CCCCCC/C=C/CCC[C@@](C)(C(=O)N[C@@H](C)C(=O)N[C@@H](C)C(=O)N[C@@H](C)C(=O)N[C@@H](C)C(=O)C(=O)C(C)NC[C@H](C)C(N)=O)NC(=O)[C@H](CC(C)C)CC(=O)[C@H](CCC(N)=O)NC(=O)[C@H](C)NC(=O)[C@](C)(Cc2c[nH]c3ccccc23)NC(=O)[C@H](Cc2ccc(O)cc2)NC(=O)[C@H](CCC(=O)O)NC1=O)[C@@H](C)O. The average Bonchev–Trinajstić information content (AvgIpc) is 1.58. The molecule has 18 atom stereocenters. The van der Waals surface area contributed by atoms with Gasteiger partial charge in [0.05, 0.1) is 24.2 Å². The number of carboxylic acid groups (broad SMARTS) is 1. The van der Waals surface area contributed by atoms with Crippen LogP contribution in [0.2, 0.25) is 0 Å². The van der Waals surface area contributed by atoms with Crippen LogP contribution in [0.1, 0.15) is 230 Å². The Kier molecular flexibility index (Phi) is 46.2. The first-order valence-electron chi connectivity index (χ1n) is 47.3. The summed E-state index contributed by atoms with van der Waals surface area (Å²) in [6.07, 6.45) is 2.07. The second-order valence-electron chi connectivity index (χ2n) is 37.9. The molecule has 41 heteroatoms. The lowest BCUT2D eigenvalue weighted by Gasteiger charge is -2.34. The summed E-state index contributed by atoms with van der Waals surface area (Å²) in [5, 5.41) is 71.8. The molecule has 2 heterocycles. The average molecular weight is 1940 g/mol. The van der Waals surface area contributed by atoms with Crippen molar-refractivity contribution in [3.63, 3.8) is 0 Å². The predicted octanol–water partition coefficient (Wildman–Crippen LogP) is 1.48. The predicted molar refractivity (Wildman–Crippen MR) is 514 cm³/mol. The molecule has 1 aliphatic heterocycles. The molecule has 0 radical (unpaired) electrons. The van der Waals surface area contributed by atoms with Crippen LogP contribution in [-0.2, 0) is 115 Å². The van der Waals surface area contributed by atoms with Crippen molar-refractivity contribution in [1.82, 2.24) is 84.7 Å². The van der Waals surface area contributed by atoms with Crippen molar-refractivity contribution in [3.8, 4) is 5.75 Å². The van der Waals surface area contributed by atoms with Gasteiger partial charge < -0.3 is 112 Å². The fraction of sp³-hybridized carbons (Fsp3) is 0.571. The van der Waals surface area contributed by atoms with Crippen LogP contribution in [0.4, 0.5) is 0 Å². The third-order valence-corrected chi connectivity index (χ3v) is 24.1. The van der Waals surface area contributed by atoms with Crippen LogP contribution in [0.15, 0.2) is 97.2 Å². The van der Waals surface area contributed by atoms with E-state index in [1.165, 1.54) is 107 Å². The van der Waals surface area contributed by atoms with Gasteiger partial charge in [-0.2, -0.15) is 0 Å². The molecule has 1 aromatic heterocycles. The van der Waals surface area contributed by atoms with Gasteiger partial charge >= 0.3 is 5.97 Å². The number of rotatable bonds is 39. The molecule has 23 N–H and O–H groups in total. The van der Waals surface area contributed by atoms with Gasteiger partial charge in [0.15, 0.2) is 5.78 Å². The van der Waals surface area contributed by atoms with Crippen molar-refractivity contribution in [1.29, 1.82) is 0 Å². The van der Waals surface area contributed by atoms with Gasteiger partial charge in [-0.3, -0.25) is 95.9 Å². The van der Waals surface area contributed by atoms with Crippen LogP contribution in [0.5, 0.6) is 5.75 Å². The van der Waals surface area contributed by atoms with Crippen molar-refractivity contribution < 1.29 is 111 Å². The van der Waals surface area contributed by atoms with Crippen molar-refractivity contribution >= 4 is 129 Å². The smallest absolute Gasteiger partial charge is 0.303 e. The number of allylic oxidation sites excluding steroid dienone is 2. The Hall–Kier alpha value is -13.3. The number of nitrogens with one attached hydrogen (secondary N) is 16. The monoisotopic (exact) mass is 1940 g/mol. The maximum atomic E-state index is 15.6. The highest BCUT2D eigenvalue weighted by atomic mass is 16.4. The number of H-pyrrole nitrogens is 1. The number of Topliss-reactive ketones (excluding diaryl/α,β-unsaturated/α-hetero) is 3. The van der Waals surface area contributed by atoms with E-state index in [1.54, 1.807) is 88.5 Å². The molecular weight excluding hydrogens is 1800 g/mol. The maximum absolute atomic E-state index is 15.6. The van der Waals surface area contributed by atoms with E-state index in [9.17, 15) is 82.4 Å². The van der Waals surface area contributed by atoms with E-state index in [0.29, 0.717) is 59.7 Å². The van der Waals surface area contributed by atoms with Crippen LogP contribution < -0.4 is 91.2 Å².